The van der Waals surface area contributed by atoms with Gasteiger partial charge in [-0.2, -0.15) is 0 Å². The van der Waals surface area contributed by atoms with E-state index in [0.717, 1.165) is 0 Å². The topological polar surface area (TPSA) is 34.1 Å². The molecule has 0 aromatic carbocycles. The van der Waals surface area contributed by atoms with Gasteiger partial charge in [0.25, 0.3) is 0 Å². The highest BCUT2D eigenvalue weighted by Crippen LogP contribution is 1.90. The third kappa shape index (κ3) is 4.72. The highest BCUT2D eigenvalue weighted by Gasteiger charge is 1.84. The first kappa shape index (κ1) is 7.86. The molecule has 0 bridgehead atoms. The Bertz CT molecular complexity index is 183. The first-order chi connectivity index (χ1) is 4.16. The molecule has 2 heteroatoms. The molecule has 0 heterocycles. The fourth-order valence-electron chi connectivity index (χ4n) is 0.455. The standard InChI is InChI=1S/C7H8O2/c1-6(3-4-8)5-7(2)9/h3,5H,1-2H3. The molecule has 0 atom stereocenters. The molecule has 0 amide bonds. The van der Waals surface area contributed by atoms with Crippen LogP contribution >= 0.6 is 0 Å². The summed E-state index contributed by atoms with van der Waals surface area (Å²) in [5, 5.41) is 0. The lowest BCUT2D eigenvalue weighted by Crippen LogP contribution is -1.82. The van der Waals surface area contributed by atoms with Gasteiger partial charge in [0.2, 0.25) is 0 Å². The summed E-state index contributed by atoms with van der Waals surface area (Å²) < 4.78 is 0. The van der Waals surface area contributed by atoms with Crippen LogP contribution in [0.2, 0.25) is 0 Å². The van der Waals surface area contributed by atoms with E-state index in [2.05, 4.69) is 0 Å². The van der Waals surface area contributed by atoms with Crippen LogP contribution in [0, 0.1) is 0 Å². The minimum absolute atomic E-state index is 0.0565. The molecule has 0 N–H and O–H groups in total. The van der Waals surface area contributed by atoms with Crippen LogP contribution in [0.4, 0.5) is 0 Å². The molecule has 0 aliphatic carbocycles. The molecule has 0 rings (SSSR count). The molecule has 0 saturated heterocycles. The smallest absolute Gasteiger partial charge is 0.152 e. The second-order valence-electron chi connectivity index (χ2n) is 1.76. The lowest BCUT2D eigenvalue weighted by atomic mass is 10.2. The summed E-state index contributed by atoms with van der Waals surface area (Å²) in [6.45, 7) is 3.11. The summed E-state index contributed by atoms with van der Waals surface area (Å²) in [5.41, 5.74) is 0.637. The molecule has 0 unspecified atom stereocenters. The van der Waals surface area contributed by atoms with Crippen molar-refractivity contribution in [3.05, 3.63) is 17.7 Å². The van der Waals surface area contributed by atoms with Crippen LogP contribution in [0.25, 0.3) is 0 Å². The molecule has 9 heavy (non-hydrogen) atoms. The van der Waals surface area contributed by atoms with Crippen LogP contribution in [0.1, 0.15) is 13.8 Å². The van der Waals surface area contributed by atoms with Gasteiger partial charge in [-0.05, 0) is 25.5 Å². The van der Waals surface area contributed by atoms with Gasteiger partial charge in [0.1, 0.15) is 5.94 Å². The van der Waals surface area contributed by atoms with Gasteiger partial charge in [0.05, 0.1) is 0 Å². The Morgan fingerprint density at radius 1 is 1.44 bits per heavy atom. The number of hydrogen-bond donors (Lipinski definition) is 0. The Balaban J connectivity index is 4.16. The predicted molar refractivity (Wildman–Crippen MR) is 34.7 cm³/mol. The van der Waals surface area contributed by atoms with Crippen molar-refractivity contribution < 1.29 is 9.59 Å². The zero-order valence-electron chi connectivity index (χ0n) is 5.47. The molecule has 0 aliphatic rings. The maximum Gasteiger partial charge on any atom is 0.152 e. The van der Waals surface area contributed by atoms with E-state index in [0.29, 0.717) is 5.57 Å². The first-order valence-electron chi connectivity index (χ1n) is 2.56. The average Bonchev–Trinajstić information content (AvgIpc) is 1.63. The Labute approximate surface area is 53.9 Å². The SMILES string of the molecule is CC(=O)C=C(C)C=C=O. The second kappa shape index (κ2) is 3.81. The molecule has 0 radical (unpaired) electrons. The predicted octanol–water partition coefficient (Wildman–Crippen LogP) is 0.909. The molecule has 0 aliphatic heterocycles. The van der Waals surface area contributed by atoms with E-state index in [1.165, 1.54) is 19.1 Å². The number of rotatable bonds is 2. The lowest BCUT2D eigenvalue weighted by Gasteiger charge is -1.82. The summed E-state index contributed by atoms with van der Waals surface area (Å²) in [6, 6.07) is 0. The van der Waals surface area contributed by atoms with Crippen molar-refractivity contribution in [1.29, 1.82) is 0 Å². The Morgan fingerprint density at radius 3 is 2.33 bits per heavy atom. The van der Waals surface area contributed by atoms with Crippen molar-refractivity contribution in [3.63, 3.8) is 0 Å². The summed E-state index contributed by atoms with van der Waals surface area (Å²) in [7, 11) is 0. The molecule has 0 aromatic rings. The van der Waals surface area contributed by atoms with Gasteiger partial charge in [-0.1, -0.05) is 0 Å². The average molecular weight is 124 g/mol. The van der Waals surface area contributed by atoms with Crippen LogP contribution < -0.4 is 0 Å². The van der Waals surface area contributed by atoms with Gasteiger partial charge in [0, 0.05) is 6.08 Å². The van der Waals surface area contributed by atoms with Crippen molar-refractivity contribution >= 4 is 11.7 Å². The Kier molecular flexibility index (Phi) is 3.33. The number of ketones is 1. The molecule has 0 aromatic heterocycles. The van der Waals surface area contributed by atoms with Crippen LogP contribution in [0.15, 0.2) is 17.7 Å². The van der Waals surface area contributed by atoms with Crippen molar-refractivity contribution in [2.24, 2.45) is 0 Å². The third-order valence-electron chi connectivity index (χ3n) is 0.718. The summed E-state index contributed by atoms with van der Waals surface area (Å²) in [4.78, 5) is 20.0. The molecule has 0 saturated carbocycles. The van der Waals surface area contributed by atoms with E-state index in [9.17, 15) is 9.59 Å². The van der Waals surface area contributed by atoms with Crippen molar-refractivity contribution in [1.82, 2.24) is 0 Å². The van der Waals surface area contributed by atoms with Crippen LogP contribution in [-0.2, 0) is 9.59 Å². The van der Waals surface area contributed by atoms with Crippen LogP contribution in [0.3, 0.4) is 0 Å². The highest BCUT2D eigenvalue weighted by molar-refractivity contribution is 5.88. The van der Waals surface area contributed by atoms with Gasteiger partial charge < -0.3 is 0 Å². The normalized spacial score (nSPS) is 10.2. The Morgan fingerprint density at radius 2 is 2.00 bits per heavy atom. The maximum atomic E-state index is 10.3. The van der Waals surface area contributed by atoms with E-state index in [1.807, 2.05) is 0 Å². The van der Waals surface area contributed by atoms with Gasteiger partial charge in [-0.15, -0.1) is 0 Å². The van der Waals surface area contributed by atoms with E-state index < -0.39 is 0 Å². The van der Waals surface area contributed by atoms with Crippen molar-refractivity contribution in [2.75, 3.05) is 0 Å². The molecule has 0 spiro atoms. The van der Waals surface area contributed by atoms with Crippen LogP contribution in [0.5, 0.6) is 0 Å². The number of allylic oxidation sites excluding steroid dienone is 3. The summed E-state index contributed by atoms with van der Waals surface area (Å²) in [6.07, 6.45) is 2.60. The summed E-state index contributed by atoms with van der Waals surface area (Å²) >= 11 is 0. The monoisotopic (exact) mass is 124 g/mol. The number of carbonyl (C=O) groups excluding carboxylic acids is 2. The molecular weight excluding hydrogens is 116 g/mol. The van der Waals surface area contributed by atoms with E-state index in [1.54, 1.807) is 12.9 Å². The number of carbonyl (C=O) groups is 1. The third-order valence-corrected chi connectivity index (χ3v) is 0.718. The zero-order valence-corrected chi connectivity index (χ0v) is 5.47. The fourth-order valence-corrected chi connectivity index (χ4v) is 0.455. The van der Waals surface area contributed by atoms with Crippen LogP contribution in [-0.4, -0.2) is 11.7 Å². The van der Waals surface area contributed by atoms with Crippen molar-refractivity contribution in [3.8, 4) is 0 Å². The molecule has 0 fully saturated rings. The molecule has 48 valence electrons. The van der Waals surface area contributed by atoms with Gasteiger partial charge >= 0.3 is 0 Å². The Hall–Kier alpha value is -1.14. The minimum Gasteiger partial charge on any atom is -0.295 e. The number of hydrogen-bond acceptors (Lipinski definition) is 2. The van der Waals surface area contributed by atoms with E-state index in [4.69, 9.17) is 0 Å². The second-order valence-corrected chi connectivity index (χ2v) is 1.76. The quantitative estimate of drug-likeness (QED) is 0.311. The highest BCUT2D eigenvalue weighted by atomic mass is 16.1. The molecule has 2 nitrogen and oxygen atoms in total. The van der Waals surface area contributed by atoms with Gasteiger partial charge in [0.15, 0.2) is 5.78 Å². The fraction of sp³-hybridized carbons (Fsp3) is 0.286. The maximum absolute atomic E-state index is 10.3. The lowest BCUT2D eigenvalue weighted by molar-refractivity contribution is -0.112. The van der Waals surface area contributed by atoms with Gasteiger partial charge in [-0.25, -0.2) is 4.79 Å². The summed E-state index contributed by atoms with van der Waals surface area (Å²) in [5.74, 6) is 1.52. The largest absolute Gasteiger partial charge is 0.295 e. The molecular formula is C7H8O2. The minimum atomic E-state index is -0.0565. The zero-order chi connectivity index (χ0) is 7.28. The van der Waals surface area contributed by atoms with E-state index >= 15 is 0 Å². The first-order valence-corrected chi connectivity index (χ1v) is 2.56. The van der Waals surface area contributed by atoms with E-state index in [-0.39, 0.29) is 5.78 Å². The van der Waals surface area contributed by atoms with Crippen molar-refractivity contribution in [2.45, 2.75) is 13.8 Å². The van der Waals surface area contributed by atoms with Gasteiger partial charge in [-0.3, -0.25) is 4.79 Å².